The van der Waals surface area contributed by atoms with Crippen molar-refractivity contribution in [1.29, 1.82) is 0 Å². The Bertz CT molecular complexity index is 1260. The number of hydrogen-bond donors (Lipinski definition) is 0. The molecule has 0 fully saturated rings. The van der Waals surface area contributed by atoms with Crippen LogP contribution in [0.1, 0.15) is 80.5 Å². The van der Waals surface area contributed by atoms with Gasteiger partial charge in [-0.05, 0) is 77.9 Å². The van der Waals surface area contributed by atoms with Crippen molar-refractivity contribution >= 4 is 0 Å². The van der Waals surface area contributed by atoms with Crippen molar-refractivity contribution in [3.05, 3.63) is 137 Å². The second-order valence-corrected chi connectivity index (χ2v) is 10.0. The Hall–Kier alpha value is -3.53. The van der Waals surface area contributed by atoms with Gasteiger partial charge in [0.25, 0.3) is 0 Å². The van der Waals surface area contributed by atoms with E-state index in [1.165, 1.54) is 18.2 Å². The zero-order valence-electron chi connectivity index (χ0n) is 23.3. The molecule has 0 aliphatic heterocycles. The van der Waals surface area contributed by atoms with Crippen LogP contribution in [0.3, 0.4) is 0 Å². The van der Waals surface area contributed by atoms with E-state index in [1.807, 2.05) is 36.4 Å². The van der Waals surface area contributed by atoms with E-state index in [-0.39, 0.29) is 29.3 Å². The van der Waals surface area contributed by atoms with Crippen molar-refractivity contribution in [3.63, 3.8) is 0 Å². The van der Waals surface area contributed by atoms with E-state index >= 15 is 0 Å². The highest BCUT2D eigenvalue weighted by molar-refractivity contribution is 5.42. The summed E-state index contributed by atoms with van der Waals surface area (Å²) in [5.74, 6) is 0.916. The molecular weight excluding hydrogens is 493 g/mol. The highest BCUT2D eigenvalue weighted by Crippen LogP contribution is 2.35. The predicted molar refractivity (Wildman–Crippen MR) is 155 cm³/mol. The molecule has 0 N–H and O–H groups in total. The van der Waals surface area contributed by atoms with E-state index in [0.29, 0.717) is 5.92 Å². The van der Waals surface area contributed by atoms with Gasteiger partial charge in [-0.15, -0.1) is 0 Å². The molecule has 0 saturated carbocycles. The van der Waals surface area contributed by atoms with Gasteiger partial charge in [-0.2, -0.15) is 0 Å². The second kappa shape index (κ2) is 15.2. The van der Waals surface area contributed by atoms with E-state index in [1.54, 1.807) is 43.5 Å². The largest absolute Gasteiger partial charge is 0.496 e. The first-order valence-corrected chi connectivity index (χ1v) is 13.8. The van der Waals surface area contributed by atoms with E-state index in [9.17, 15) is 13.2 Å². The quantitative estimate of drug-likeness (QED) is 0.197. The lowest BCUT2D eigenvalue weighted by molar-refractivity contribution is 0.406. The molecule has 1 nitrogen and oxygen atoms in total. The van der Waals surface area contributed by atoms with E-state index in [2.05, 4.69) is 26.8 Å². The monoisotopic (exact) mass is 532 g/mol. The van der Waals surface area contributed by atoms with Crippen LogP contribution in [0.2, 0.25) is 0 Å². The SMILES string of the molecule is CCC(C)CC(c1cccc(F)c1)c1cccc(F)c1.CCCC(c1cccc(F)c1)c1ccccc1OC. The van der Waals surface area contributed by atoms with E-state index < -0.39 is 0 Å². The van der Waals surface area contributed by atoms with Gasteiger partial charge < -0.3 is 4.74 Å². The lowest BCUT2D eigenvalue weighted by Gasteiger charge is -2.21. The Labute approximate surface area is 231 Å². The molecule has 0 spiro atoms. The molecule has 0 aliphatic carbocycles. The zero-order valence-corrected chi connectivity index (χ0v) is 23.3. The molecule has 0 aromatic heterocycles. The van der Waals surface area contributed by atoms with Gasteiger partial charge in [-0.3, -0.25) is 0 Å². The molecule has 4 heteroatoms. The van der Waals surface area contributed by atoms with Crippen molar-refractivity contribution in [2.45, 2.75) is 58.3 Å². The molecular formula is C35H39F3O. The van der Waals surface area contributed by atoms with Crippen molar-refractivity contribution in [1.82, 2.24) is 0 Å². The number of ether oxygens (including phenoxy) is 1. The third-order valence-electron chi connectivity index (χ3n) is 7.18. The number of methoxy groups -OCH3 is 1. The van der Waals surface area contributed by atoms with Crippen LogP contribution in [-0.2, 0) is 0 Å². The molecule has 0 bridgehead atoms. The number of rotatable bonds is 10. The van der Waals surface area contributed by atoms with Crippen LogP contribution >= 0.6 is 0 Å². The van der Waals surface area contributed by atoms with Gasteiger partial charge in [0, 0.05) is 17.4 Å². The van der Waals surface area contributed by atoms with Gasteiger partial charge in [0.15, 0.2) is 0 Å². The molecule has 0 heterocycles. The maximum absolute atomic E-state index is 13.5. The van der Waals surface area contributed by atoms with Crippen LogP contribution < -0.4 is 4.74 Å². The summed E-state index contributed by atoms with van der Waals surface area (Å²) in [5.41, 5.74) is 3.95. The Balaban J connectivity index is 0.000000216. The van der Waals surface area contributed by atoms with Gasteiger partial charge in [0.05, 0.1) is 7.11 Å². The van der Waals surface area contributed by atoms with Gasteiger partial charge in [0.1, 0.15) is 23.2 Å². The van der Waals surface area contributed by atoms with E-state index in [4.69, 9.17) is 4.74 Å². The summed E-state index contributed by atoms with van der Waals surface area (Å²) in [7, 11) is 1.67. The highest BCUT2D eigenvalue weighted by atomic mass is 19.1. The minimum atomic E-state index is -0.243. The fourth-order valence-electron chi connectivity index (χ4n) is 4.95. The molecule has 206 valence electrons. The van der Waals surface area contributed by atoms with Gasteiger partial charge in [0.2, 0.25) is 0 Å². The van der Waals surface area contributed by atoms with Gasteiger partial charge in [-0.25, -0.2) is 13.2 Å². The Morgan fingerprint density at radius 2 is 1.13 bits per heavy atom. The smallest absolute Gasteiger partial charge is 0.123 e. The lowest BCUT2D eigenvalue weighted by atomic mass is 9.83. The Kier molecular flexibility index (Phi) is 11.7. The van der Waals surface area contributed by atoms with Crippen molar-refractivity contribution < 1.29 is 17.9 Å². The van der Waals surface area contributed by atoms with Crippen LogP contribution in [0.4, 0.5) is 13.2 Å². The minimum absolute atomic E-state index is 0.0383. The summed E-state index contributed by atoms with van der Waals surface area (Å²) in [5, 5.41) is 0. The molecule has 0 aliphatic rings. The summed E-state index contributed by atoms with van der Waals surface area (Å²) in [6.45, 7) is 6.45. The van der Waals surface area contributed by atoms with Crippen LogP contribution in [0.5, 0.6) is 5.75 Å². The first-order chi connectivity index (χ1) is 18.9. The Morgan fingerprint density at radius 1 is 0.641 bits per heavy atom. The molecule has 2 unspecified atom stereocenters. The van der Waals surface area contributed by atoms with Crippen LogP contribution in [0.15, 0.2) is 97.1 Å². The molecule has 4 aromatic rings. The Morgan fingerprint density at radius 3 is 1.56 bits per heavy atom. The average molecular weight is 533 g/mol. The van der Waals surface area contributed by atoms with Crippen molar-refractivity contribution in [2.24, 2.45) is 5.92 Å². The fraction of sp³-hybridized carbons (Fsp3) is 0.314. The third kappa shape index (κ3) is 8.74. The zero-order chi connectivity index (χ0) is 28.2. The molecule has 4 rings (SSSR count). The molecule has 39 heavy (non-hydrogen) atoms. The molecule has 4 aromatic carbocycles. The van der Waals surface area contributed by atoms with Gasteiger partial charge >= 0.3 is 0 Å². The predicted octanol–water partition coefficient (Wildman–Crippen LogP) is 10.3. The van der Waals surface area contributed by atoms with Crippen LogP contribution in [-0.4, -0.2) is 7.11 Å². The maximum Gasteiger partial charge on any atom is 0.123 e. The molecule has 0 radical (unpaired) electrons. The minimum Gasteiger partial charge on any atom is -0.496 e. The summed E-state index contributed by atoms with van der Waals surface area (Å²) >= 11 is 0. The van der Waals surface area contributed by atoms with E-state index in [0.717, 1.165) is 53.7 Å². The lowest BCUT2D eigenvalue weighted by Crippen LogP contribution is -2.07. The summed E-state index contributed by atoms with van der Waals surface area (Å²) in [4.78, 5) is 0. The normalized spacial score (nSPS) is 12.4. The maximum atomic E-state index is 13.5. The first-order valence-electron chi connectivity index (χ1n) is 13.8. The molecule has 0 saturated heterocycles. The number of hydrogen-bond acceptors (Lipinski definition) is 1. The summed E-state index contributed by atoms with van der Waals surface area (Å²) in [6.07, 6.45) is 3.97. The average Bonchev–Trinajstić information content (AvgIpc) is 2.95. The standard InChI is InChI=1S/C18H20F2.C17H19FO/c1-3-13(2)10-18(14-6-4-8-16(19)11-14)15-7-5-9-17(20)12-15;1-3-7-15(13-8-6-9-14(18)12-13)16-10-4-5-11-17(16)19-2/h4-9,11-13,18H,3,10H2,1-2H3;4-6,8-12,15H,3,7H2,1-2H3. The summed E-state index contributed by atoms with van der Waals surface area (Å²) < 4.78 is 45.8. The highest BCUT2D eigenvalue weighted by Gasteiger charge is 2.19. The van der Waals surface area contributed by atoms with Crippen molar-refractivity contribution in [2.75, 3.05) is 7.11 Å². The van der Waals surface area contributed by atoms with Crippen LogP contribution in [0.25, 0.3) is 0 Å². The number of benzene rings is 4. The first kappa shape index (κ1) is 30.0. The summed E-state index contributed by atoms with van der Waals surface area (Å²) in [6, 6.07) is 28.1. The van der Waals surface area contributed by atoms with Crippen LogP contribution in [0, 0.1) is 23.4 Å². The van der Waals surface area contributed by atoms with Gasteiger partial charge in [-0.1, -0.05) is 88.2 Å². The molecule has 0 amide bonds. The number of halogens is 3. The number of para-hydroxylation sites is 1. The van der Waals surface area contributed by atoms with Crippen molar-refractivity contribution in [3.8, 4) is 5.75 Å². The fourth-order valence-corrected chi connectivity index (χ4v) is 4.95. The second-order valence-electron chi connectivity index (χ2n) is 10.0. The topological polar surface area (TPSA) is 9.23 Å². The molecule has 2 atom stereocenters. The third-order valence-corrected chi connectivity index (χ3v) is 7.18.